The monoisotopic (exact) mass is 313 g/mol. The summed E-state index contributed by atoms with van der Waals surface area (Å²) in [6.07, 6.45) is 2.23. The van der Waals surface area contributed by atoms with Crippen LogP contribution in [-0.2, 0) is 6.54 Å². The number of piperazine rings is 1. The molecule has 2 heterocycles. The van der Waals surface area contributed by atoms with Crippen molar-refractivity contribution in [1.29, 1.82) is 0 Å². The third kappa shape index (κ3) is 3.00. The number of amides is 1. The predicted octanol–water partition coefficient (Wildman–Crippen LogP) is 3.14. The van der Waals surface area contributed by atoms with Crippen molar-refractivity contribution in [2.45, 2.75) is 33.2 Å². The number of benzene rings is 1. The largest absolute Gasteiger partial charge is 0.336 e. The van der Waals surface area contributed by atoms with Gasteiger partial charge in [0.25, 0.3) is 5.91 Å². The minimum Gasteiger partial charge on any atom is -0.336 e. The molecule has 23 heavy (non-hydrogen) atoms. The maximum atomic E-state index is 13.2. The molecule has 3 rings (SSSR count). The molecule has 1 aliphatic heterocycles. The third-order valence-electron chi connectivity index (χ3n) is 4.95. The van der Waals surface area contributed by atoms with Gasteiger partial charge >= 0.3 is 0 Å². The maximum absolute atomic E-state index is 13.2. The second-order valence-electron chi connectivity index (χ2n) is 6.59. The fourth-order valence-corrected chi connectivity index (χ4v) is 3.46. The van der Waals surface area contributed by atoms with E-state index in [9.17, 15) is 4.79 Å². The molecule has 0 aliphatic carbocycles. The average molecular weight is 313 g/mol. The van der Waals surface area contributed by atoms with Crippen molar-refractivity contribution in [3.8, 4) is 0 Å². The SMILES string of the molecule is CCCCn1c(C(=O)N2CCN(C)CC2)c(C)c2ccccc21. The smallest absolute Gasteiger partial charge is 0.270 e. The molecule has 0 saturated carbocycles. The van der Waals surface area contributed by atoms with Gasteiger partial charge in [-0.2, -0.15) is 0 Å². The van der Waals surface area contributed by atoms with Crippen molar-refractivity contribution >= 4 is 16.8 Å². The Kier molecular flexibility index (Phi) is 4.71. The van der Waals surface area contributed by atoms with Gasteiger partial charge in [-0.1, -0.05) is 31.5 Å². The van der Waals surface area contributed by atoms with Crippen LogP contribution in [0.15, 0.2) is 24.3 Å². The van der Waals surface area contributed by atoms with E-state index < -0.39 is 0 Å². The van der Waals surface area contributed by atoms with Gasteiger partial charge in [-0.3, -0.25) is 4.79 Å². The van der Waals surface area contributed by atoms with E-state index in [4.69, 9.17) is 0 Å². The number of unbranched alkanes of at least 4 members (excludes halogenated alkanes) is 1. The van der Waals surface area contributed by atoms with Crippen LogP contribution in [0.3, 0.4) is 0 Å². The van der Waals surface area contributed by atoms with Crippen LogP contribution in [0.5, 0.6) is 0 Å². The average Bonchev–Trinajstić information content (AvgIpc) is 2.85. The first-order valence-corrected chi connectivity index (χ1v) is 8.69. The van der Waals surface area contributed by atoms with Crippen LogP contribution < -0.4 is 0 Å². The lowest BCUT2D eigenvalue weighted by Gasteiger charge is -2.32. The Balaban J connectivity index is 2.01. The zero-order valence-corrected chi connectivity index (χ0v) is 14.5. The molecule has 1 aliphatic rings. The van der Waals surface area contributed by atoms with Crippen molar-refractivity contribution in [3.63, 3.8) is 0 Å². The molecular weight excluding hydrogens is 286 g/mol. The number of rotatable bonds is 4. The molecule has 1 fully saturated rings. The number of fused-ring (bicyclic) bond motifs is 1. The van der Waals surface area contributed by atoms with Crippen molar-refractivity contribution in [3.05, 3.63) is 35.5 Å². The highest BCUT2D eigenvalue weighted by Gasteiger charge is 2.26. The number of carbonyl (C=O) groups is 1. The number of para-hydroxylation sites is 1. The van der Waals surface area contributed by atoms with E-state index in [1.54, 1.807) is 0 Å². The number of carbonyl (C=O) groups excluding carboxylic acids is 1. The van der Waals surface area contributed by atoms with Gasteiger partial charge in [0.1, 0.15) is 5.69 Å². The molecule has 0 bridgehead atoms. The molecule has 1 saturated heterocycles. The second-order valence-corrected chi connectivity index (χ2v) is 6.59. The Morgan fingerprint density at radius 2 is 1.83 bits per heavy atom. The maximum Gasteiger partial charge on any atom is 0.270 e. The Morgan fingerprint density at radius 1 is 1.13 bits per heavy atom. The summed E-state index contributed by atoms with van der Waals surface area (Å²) in [6, 6.07) is 8.39. The van der Waals surface area contributed by atoms with E-state index in [1.807, 2.05) is 4.90 Å². The summed E-state index contributed by atoms with van der Waals surface area (Å²) in [6.45, 7) is 8.77. The van der Waals surface area contributed by atoms with E-state index in [-0.39, 0.29) is 5.91 Å². The van der Waals surface area contributed by atoms with Gasteiger partial charge in [-0.25, -0.2) is 0 Å². The Morgan fingerprint density at radius 3 is 2.52 bits per heavy atom. The number of likely N-dealkylation sites (N-methyl/N-ethyl adjacent to an activating group) is 1. The van der Waals surface area contributed by atoms with Gasteiger partial charge in [0.05, 0.1) is 0 Å². The number of aryl methyl sites for hydroxylation is 2. The first-order valence-electron chi connectivity index (χ1n) is 8.69. The first-order chi connectivity index (χ1) is 11.1. The quantitative estimate of drug-likeness (QED) is 0.867. The molecule has 0 atom stereocenters. The number of hydrogen-bond acceptors (Lipinski definition) is 2. The number of hydrogen-bond donors (Lipinski definition) is 0. The standard InChI is InChI=1S/C19H27N3O/c1-4-5-10-22-17-9-7-6-8-16(17)15(2)18(22)19(23)21-13-11-20(3)12-14-21/h6-9H,4-5,10-14H2,1-3H3. The lowest BCUT2D eigenvalue weighted by atomic mass is 10.1. The van der Waals surface area contributed by atoms with Crippen molar-refractivity contribution in [2.24, 2.45) is 0 Å². The minimum absolute atomic E-state index is 0.197. The Bertz CT molecular complexity index is 696. The van der Waals surface area contributed by atoms with Gasteiger partial charge < -0.3 is 14.4 Å². The number of aromatic nitrogens is 1. The van der Waals surface area contributed by atoms with Crippen LogP contribution in [0, 0.1) is 6.92 Å². The zero-order chi connectivity index (χ0) is 16.4. The summed E-state index contributed by atoms with van der Waals surface area (Å²) in [5.41, 5.74) is 3.21. The molecule has 1 aromatic carbocycles. The molecule has 0 unspecified atom stereocenters. The highest BCUT2D eigenvalue weighted by molar-refractivity contribution is 6.01. The first kappa shape index (κ1) is 16.1. The highest BCUT2D eigenvalue weighted by atomic mass is 16.2. The van der Waals surface area contributed by atoms with Crippen LogP contribution >= 0.6 is 0 Å². The Hall–Kier alpha value is -1.81. The van der Waals surface area contributed by atoms with Gasteiger partial charge in [-0.15, -0.1) is 0 Å². The highest BCUT2D eigenvalue weighted by Crippen LogP contribution is 2.27. The fourth-order valence-electron chi connectivity index (χ4n) is 3.46. The van der Waals surface area contributed by atoms with E-state index in [0.717, 1.165) is 56.8 Å². The number of nitrogens with zero attached hydrogens (tertiary/aromatic N) is 3. The lowest BCUT2D eigenvalue weighted by Crippen LogP contribution is -2.47. The van der Waals surface area contributed by atoms with E-state index in [2.05, 4.69) is 54.6 Å². The second kappa shape index (κ2) is 6.75. The van der Waals surface area contributed by atoms with Gasteiger partial charge in [0.2, 0.25) is 0 Å². The molecule has 4 heteroatoms. The predicted molar refractivity (Wildman–Crippen MR) is 95.0 cm³/mol. The summed E-state index contributed by atoms with van der Waals surface area (Å²) < 4.78 is 2.24. The Labute approximate surface area is 138 Å². The lowest BCUT2D eigenvalue weighted by molar-refractivity contribution is 0.0653. The zero-order valence-electron chi connectivity index (χ0n) is 14.5. The van der Waals surface area contributed by atoms with Crippen LogP contribution in [-0.4, -0.2) is 53.5 Å². The topological polar surface area (TPSA) is 28.5 Å². The van der Waals surface area contributed by atoms with Crippen molar-refractivity contribution < 1.29 is 4.79 Å². The molecule has 0 N–H and O–H groups in total. The molecule has 1 amide bonds. The van der Waals surface area contributed by atoms with Crippen LogP contribution in [0.25, 0.3) is 10.9 Å². The molecule has 2 aromatic rings. The summed E-state index contributed by atoms with van der Waals surface area (Å²) in [5.74, 6) is 0.197. The molecule has 4 nitrogen and oxygen atoms in total. The van der Waals surface area contributed by atoms with E-state index >= 15 is 0 Å². The summed E-state index contributed by atoms with van der Waals surface area (Å²) in [5, 5.41) is 1.21. The van der Waals surface area contributed by atoms with Crippen LogP contribution in [0.4, 0.5) is 0 Å². The van der Waals surface area contributed by atoms with Crippen LogP contribution in [0.2, 0.25) is 0 Å². The van der Waals surface area contributed by atoms with Gasteiger partial charge in [0, 0.05) is 43.6 Å². The van der Waals surface area contributed by atoms with Gasteiger partial charge in [0.15, 0.2) is 0 Å². The van der Waals surface area contributed by atoms with Gasteiger partial charge in [-0.05, 0) is 32.0 Å². The minimum atomic E-state index is 0.197. The fraction of sp³-hybridized carbons (Fsp3) is 0.526. The summed E-state index contributed by atoms with van der Waals surface area (Å²) in [7, 11) is 2.12. The van der Waals surface area contributed by atoms with Crippen molar-refractivity contribution in [1.82, 2.24) is 14.4 Å². The summed E-state index contributed by atoms with van der Waals surface area (Å²) in [4.78, 5) is 17.5. The normalized spacial score (nSPS) is 16.2. The molecule has 0 spiro atoms. The molecular formula is C19H27N3O. The molecule has 1 aromatic heterocycles. The summed E-state index contributed by atoms with van der Waals surface area (Å²) >= 11 is 0. The van der Waals surface area contributed by atoms with Crippen molar-refractivity contribution in [2.75, 3.05) is 33.2 Å². The molecule has 0 radical (unpaired) electrons. The van der Waals surface area contributed by atoms with E-state index in [1.165, 1.54) is 10.9 Å². The van der Waals surface area contributed by atoms with E-state index in [0.29, 0.717) is 0 Å². The third-order valence-corrected chi connectivity index (χ3v) is 4.95. The molecule has 124 valence electrons. The van der Waals surface area contributed by atoms with Crippen LogP contribution in [0.1, 0.15) is 35.8 Å².